The van der Waals surface area contributed by atoms with Crippen LogP contribution in [0.2, 0.25) is 0 Å². The standard InChI is InChI=1S/C20H19BrFN3O2S/c1-3-18-19(26)25(12-13-4-7-16(22)8-5-13)20(28-18)24-23-11-14-10-15(21)6-9-17(14)27-2/h4-11,18H,3,12H2,1-2H3. The maximum atomic E-state index is 13.1. The first-order valence-electron chi connectivity index (χ1n) is 8.69. The maximum absolute atomic E-state index is 13.1. The maximum Gasteiger partial charge on any atom is 0.242 e. The van der Waals surface area contributed by atoms with Gasteiger partial charge < -0.3 is 4.74 Å². The van der Waals surface area contributed by atoms with Crippen molar-refractivity contribution in [3.05, 3.63) is 63.9 Å². The smallest absolute Gasteiger partial charge is 0.242 e. The first kappa shape index (κ1) is 20.5. The second kappa shape index (κ2) is 9.34. The lowest BCUT2D eigenvalue weighted by Gasteiger charge is -2.15. The molecule has 0 radical (unpaired) electrons. The summed E-state index contributed by atoms with van der Waals surface area (Å²) >= 11 is 4.82. The van der Waals surface area contributed by atoms with Crippen LogP contribution in [0.15, 0.2) is 57.1 Å². The molecule has 0 spiro atoms. The average molecular weight is 464 g/mol. The number of halogens is 2. The highest BCUT2D eigenvalue weighted by Gasteiger charge is 2.36. The second-order valence-corrected chi connectivity index (χ2v) is 8.16. The van der Waals surface area contributed by atoms with Crippen LogP contribution in [0.5, 0.6) is 5.75 Å². The van der Waals surface area contributed by atoms with E-state index in [2.05, 4.69) is 26.1 Å². The normalized spacial score (nSPS) is 18.4. The number of amides is 1. The molecule has 1 aliphatic heterocycles. The fourth-order valence-corrected chi connectivity index (χ4v) is 4.11. The van der Waals surface area contributed by atoms with Gasteiger partial charge in [-0.1, -0.05) is 46.7 Å². The van der Waals surface area contributed by atoms with Gasteiger partial charge in [-0.15, -0.1) is 5.10 Å². The molecule has 1 unspecified atom stereocenters. The van der Waals surface area contributed by atoms with Crippen LogP contribution >= 0.6 is 27.7 Å². The van der Waals surface area contributed by atoms with Gasteiger partial charge in [0, 0.05) is 10.0 Å². The van der Waals surface area contributed by atoms with E-state index in [1.54, 1.807) is 30.4 Å². The zero-order valence-corrected chi connectivity index (χ0v) is 17.8. The molecule has 2 aromatic carbocycles. The molecular formula is C20H19BrFN3O2S. The number of benzene rings is 2. The van der Waals surface area contributed by atoms with E-state index in [4.69, 9.17) is 4.74 Å². The van der Waals surface area contributed by atoms with E-state index >= 15 is 0 Å². The number of ether oxygens (including phenoxy) is 1. The van der Waals surface area contributed by atoms with Crippen LogP contribution in [0.4, 0.5) is 4.39 Å². The first-order chi connectivity index (χ1) is 13.5. The van der Waals surface area contributed by atoms with E-state index < -0.39 is 0 Å². The molecule has 1 amide bonds. The number of carbonyl (C=O) groups is 1. The van der Waals surface area contributed by atoms with Crippen molar-refractivity contribution in [1.82, 2.24) is 4.90 Å². The molecule has 0 aliphatic carbocycles. The Morgan fingerprint density at radius 1 is 1.29 bits per heavy atom. The monoisotopic (exact) mass is 463 g/mol. The first-order valence-corrected chi connectivity index (χ1v) is 10.4. The Morgan fingerprint density at radius 3 is 2.71 bits per heavy atom. The number of nitrogens with zero attached hydrogens (tertiary/aromatic N) is 3. The largest absolute Gasteiger partial charge is 0.496 e. The second-order valence-electron chi connectivity index (χ2n) is 6.08. The summed E-state index contributed by atoms with van der Waals surface area (Å²) in [6.45, 7) is 2.29. The minimum absolute atomic E-state index is 0.00851. The fraction of sp³-hybridized carbons (Fsp3) is 0.250. The van der Waals surface area contributed by atoms with E-state index in [0.717, 1.165) is 15.6 Å². The zero-order chi connectivity index (χ0) is 20.1. The van der Waals surface area contributed by atoms with Gasteiger partial charge in [0.15, 0.2) is 5.17 Å². The van der Waals surface area contributed by atoms with Gasteiger partial charge >= 0.3 is 0 Å². The molecule has 0 bridgehead atoms. The molecule has 1 atom stereocenters. The Bertz CT molecular complexity index is 918. The number of rotatable bonds is 6. The highest BCUT2D eigenvalue weighted by molar-refractivity contribution is 9.10. The van der Waals surface area contributed by atoms with Gasteiger partial charge in [-0.25, -0.2) is 4.39 Å². The number of hydrogen-bond donors (Lipinski definition) is 0. The molecule has 1 heterocycles. The van der Waals surface area contributed by atoms with Crippen LogP contribution in [-0.2, 0) is 11.3 Å². The zero-order valence-electron chi connectivity index (χ0n) is 15.4. The van der Waals surface area contributed by atoms with Gasteiger partial charge in [-0.2, -0.15) is 5.10 Å². The fourth-order valence-electron chi connectivity index (χ4n) is 2.71. The van der Waals surface area contributed by atoms with Gasteiger partial charge in [-0.05, 0) is 42.3 Å². The van der Waals surface area contributed by atoms with E-state index in [-0.39, 0.29) is 17.0 Å². The summed E-state index contributed by atoms with van der Waals surface area (Å²) < 4.78 is 19.4. The van der Waals surface area contributed by atoms with Crippen molar-refractivity contribution in [3.63, 3.8) is 0 Å². The molecule has 3 rings (SSSR count). The van der Waals surface area contributed by atoms with Gasteiger partial charge in [0.05, 0.1) is 25.1 Å². The van der Waals surface area contributed by atoms with Crippen LogP contribution in [0.1, 0.15) is 24.5 Å². The molecule has 5 nitrogen and oxygen atoms in total. The van der Waals surface area contributed by atoms with Crippen LogP contribution in [0.25, 0.3) is 0 Å². The molecule has 1 aliphatic rings. The lowest BCUT2D eigenvalue weighted by molar-refractivity contribution is -0.126. The summed E-state index contributed by atoms with van der Waals surface area (Å²) in [5.41, 5.74) is 1.60. The summed E-state index contributed by atoms with van der Waals surface area (Å²) in [5.74, 6) is 0.362. The molecular weight excluding hydrogens is 445 g/mol. The molecule has 146 valence electrons. The molecule has 0 saturated carbocycles. The molecule has 2 aromatic rings. The van der Waals surface area contributed by atoms with E-state index in [9.17, 15) is 9.18 Å². The third-order valence-electron chi connectivity index (χ3n) is 4.18. The Morgan fingerprint density at radius 2 is 2.04 bits per heavy atom. The molecule has 1 fully saturated rings. The van der Waals surface area contributed by atoms with Crippen LogP contribution in [-0.4, -0.2) is 34.5 Å². The third kappa shape index (κ3) is 4.80. The molecule has 1 saturated heterocycles. The molecule has 28 heavy (non-hydrogen) atoms. The summed E-state index contributed by atoms with van der Waals surface area (Å²) in [5, 5.41) is 8.79. The van der Waals surface area contributed by atoms with Crippen molar-refractivity contribution in [2.75, 3.05) is 7.11 Å². The average Bonchev–Trinajstić information content (AvgIpc) is 2.99. The van der Waals surface area contributed by atoms with E-state index in [1.807, 2.05) is 25.1 Å². The summed E-state index contributed by atoms with van der Waals surface area (Å²) in [6.07, 6.45) is 2.29. The number of hydrogen-bond acceptors (Lipinski definition) is 5. The Balaban J connectivity index is 1.84. The van der Waals surface area contributed by atoms with Crippen molar-refractivity contribution < 1.29 is 13.9 Å². The lowest BCUT2D eigenvalue weighted by Crippen LogP contribution is -2.31. The van der Waals surface area contributed by atoms with Gasteiger partial charge in [0.25, 0.3) is 0 Å². The number of carbonyl (C=O) groups excluding carboxylic acids is 1. The van der Waals surface area contributed by atoms with Gasteiger partial charge in [0.2, 0.25) is 5.91 Å². The number of methoxy groups -OCH3 is 1. The topological polar surface area (TPSA) is 54.3 Å². The number of amidine groups is 1. The van der Waals surface area contributed by atoms with Crippen molar-refractivity contribution in [2.24, 2.45) is 10.2 Å². The Kier molecular flexibility index (Phi) is 6.85. The molecule has 0 aromatic heterocycles. The van der Waals surface area contributed by atoms with E-state index in [0.29, 0.717) is 23.9 Å². The minimum Gasteiger partial charge on any atom is -0.496 e. The summed E-state index contributed by atoms with van der Waals surface area (Å²) in [7, 11) is 1.59. The Hall–Kier alpha value is -2.19. The Labute approximate surface area is 175 Å². The minimum atomic E-state index is -0.307. The molecule has 8 heteroatoms. The SMILES string of the molecule is CCC1SC(=NN=Cc2cc(Br)ccc2OC)N(Cc2ccc(F)cc2)C1=O. The highest BCUT2D eigenvalue weighted by Crippen LogP contribution is 2.31. The predicted molar refractivity (Wildman–Crippen MR) is 114 cm³/mol. The van der Waals surface area contributed by atoms with Crippen molar-refractivity contribution in [3.8, 4) is 5.75 Å². The predicted octanol–water partition coefficient (Wildman–Crippen LogP) is 4.84. The van der Waals surface area contributed by atoms with Gasteiger partial charge in [-0.3, -0.25) is 9.69 Å². The van der Waals surface area contributed by atoms with Crippen LogP contribution < -0.4 is 4.74 Å². The van der Waals surface area contributed by atoms with Crippen molar-refractivity contribution in [1.29, 1.82) is 0 Å². The van der Waals surface area contributed by atoms with Crippen molar-refractivity contribution in [2.45, 2.75) is 25.1 Å². The molecule has 0 N–H and O–H groups in total. The summed E-state index contributed by atoms with van der Waals surface area (Å²) in [4.78, 5) is 14.3. The lowest BCUT2D eigenvalue weighted by atomic mass is 10.2. The third-order valence-corrected chi connectivity index (χ3v) is 6.00. The van der Waals surface area contributed by atoms with Gasteiger partial charge in [0.1, 0.15) is 11.6 Å². The van der Waals surface area contributed by atoms with Crippen molar-refractivity contribution >= 4 is 45.0 Å². The quantitative estimate of drug-likeness (QED) is 0.454. The summed E-state index contributed by atoms with van der Waals surface area (Å²) in [6, 6.07) is 11.7. The number of thioether (sulfide) groups is 1. The van der Waals surface area contributed by atoms with E-state index in [1.165, 1.54) is 23.9 Å². The van der Waals surface area contributed by atoms with Crippen LogP contribution in [0.3, 0.4) is 0 Å². The van der Waals surface area contributed by atoms with Crippen LogP contribution in [0, 0.1) is 5.82 Å². The highest BCUT2D eigenvalue weighted by atomic mass is 79.9.